The van der Waals surface area contributed by atoms with Crippen molar-refractivity contribution in [3.8, 4) is 0 Å². The van der Waals surface area contributed by atoms with Crippen molar-refractivity contribution in [1.29, 1.82) is 0 Å². The predicted molar refractivity (Wildman–Crippen MR) is 61.2 cm³/mol. The summed E-state index contributed by atoms with van der Waals surface area (Å²) in [6.45, 7) is 0. The van der Waals surface area contributed by atoms with Crippen LogP contribution in [0, 0.1) is 0 Å². The molecule has 2 rings (SSSR count). The van der Waals surface area contributed by atoms with E-state index in [1.165, 1.54) is 6.07 Å². The van der Waals surface area contributed by atoms with E-state index in [0.717, 1.165) is 12.8 Å². The van der Waals surface area contributed by atoms with Crippen LogP contribution in [0.3, 0.4) is 0 Å². The third-order valence-electron chi connectivity index (χ3n) is 2.75. The second kappa shape index (κ2) is 5.09. The lowest BCUT2D eigenvalue weighted by Crippen LogP contribution is -2.43. The molecule has 4 N–H and O–H groups in total. The maximum Gasteiger partial charge on any atom is 0.326 e. The van der Waals surface area contributed by atoms with Crippen molar-refractivity contribution in [3.63, 3.8) is 0 Å². The number of hydrogen-bond donors (Lipinski definition) is 3. The van der Waals surface area contributed by atoms with Crippen LogP contribution in [0.4, 0.5) is 0 Å². The number of nitrogens with one attached hydrogen (secondary N) is 1. The summed E-state index contributed by atoms with van der Waals surface area (Å²) in [6.07, 6.45) is 1.51. The highest BCUT2D eigenvalue weighted by molar-refractivity contribution is 5.96. The number of carbonyl (C=O) groups excluding carboxylic acids is 2. The summed E-state index contributed by atoms with van der Waals surface area (Å²) in [7, 11) is 0. The first-order valence-corrected chi connectivity index (χ1v) is 5.76. The van der Waals surface area contributed by atoms with Crippen LogP contribution in [-0.4, -0.2) is 34.1 Å². The fourth-order valence-electron chi connectivity index (χ4n) is 1.59. The van der Waals surface area contributed by atoms with Gasteiger partial charge >= 0.3 is 5.97 Å². The van der Waals surface area contributed by atoms with Crippen molar-refractivity contribution in [1.82, 2.24) is 10.5 Å². The lowest BCUT2D eigenvalue weighted by Gasteiger charge is -2.10. The van der Waals surface area contributed by atoms with E-state index < -0.39 is 30.2 Å². The molecule has 102 valence electrons. The number of amides is 2. The fraction of sp³-hybridized carbons (Fsp3) is 0.455. The molecule has 19 heavy (non-hydrogen) atoms. The number of hydrogen-bond acceptors (Lipinski definition) is 5. The SMILES string of the molecule is NC(=O)C[C@H](NC(=O)c1cc(C2CC2)on1)C(=O)O. The van der Waals surface area contributed by atoms with Crippen molar-refractivity contribution >= 4 is 17.8 Å². The Bertz CT molecular complexity index is 520. The number of aliphatic carboxylic acids is 1. The Hall–Kier alpha value is -2.38. The Balaban J connectivity index is 2.00. The number of nitrogens with two attached hydrogens (primary N) is 1. The van der Waals surface area contributed by atoms with Gasteiger partial charge in [0.15, 0.2) is 5.69 Å². The largest absolute Gasteiger partial charge is 0.480 e. The molecule has 1 aromatic heterocycles. The standard InChI is InChI=1S/C11H13N3O5/c12-9(15)4-7(11(17)18)13-10(16)6-3-8(19-14-6)5-1-2-5/h3,5,7H,1-2,4H2,(H2,12,15)(H,13,16)(H,17,18)/t7-/m0/s1. The Morgan fingerprint density at radius 2 is 2.21 bits per heavy atom. The Morgan fingerprint density at radius 1 is 1.53 bits per heavy atom. The molecule has 1 fully saturated rings. The van der Waals surface area contributed by atoms with E-state index in [2.05, 4.69) is 10.5 Å². The highest BCUT2D eigenvalue weighted by Crippen LogP contribution is 2.40. The van der Waals surface area contributed by atoms with Gasteiger partial charge in [0.2, 0.25) is 5.91 Å². The second-order valence-corrected chi connectivity index (χ2v) is 4.42. The first kappa shape index (κ1) is 13.1. The molecule has 0 saturated heterocycles. The molecule has 8 heteroatoms. The zero-order valence-corrected chi connectivity index (χ0v) is 9.96. The van der Waals surface area contributed by atoms with Gasteiger partial charge in [0, 0.05) is 12.0 Å². The highest BCUT2D eigenvalue weighted by Gasteiger charge is 2.30. The maximum absolute atomic E-state index is 11.7. The molecule has 0 aliphatic heterocycles. The molecule has 2 amide bonds. The zero-order valence-electron chi connectivity index (χ0n) is 9.96. The van der Waals surface area contributed by atoms with Crippen molar-refractivity contribution in [2.24, 2.45) is 5.73 Å². The van der Waals surface area contributed by atoms with Gasteiger partial charge in [0.1, 0.15) is 11.8 Å². The quantitative estimate of drug-likeness (QED) is 0.642. The van der Waals surface area contributed by atoms with Gasteiger partial charge in [0.05, 0.1) is 6.42 Å². The van der Waals surface area contributed by atoms with Gasteiger partial charge in [-0.15, -0.1) is 0 Å². The molecule has 1 heterocycles. The number of primary amides is 1. The number of carboxylic acids is 1. The van der Waals surface area contributed by atoms with Crippen LogP contribution >= 0.6 is 0 Å². The van der Waals surface area contributed by atoms with Gasteiger partial charge in [0.25, 0.3) is 5.91 Å². The fourth-order valence-corrected chi connectivity index (χ4v) is 1.59. The molecule has 0 radical (unpaired) electrons. The molecule has 1 aromatic rings. The molecule has 1 aliphatic carbocycles. The summed E-state index contributed by atoms with van der Waals surface area (Å²) >= 11 is 0. The van der Waals surface area contributed by atoms with Crippen molar-refractivity contribution in [2.75, 3.05) is 0 Å². The monoisotopic (exact) mass is 267 g/mol. The molecule has 0 unspecified atom stereocenters. The van der Waals surface area contributed by atoms with Gasteiger partial charge in [-0.2, -0.15) is 0 Å². The van der Waals surface area contributed by atoms with Crippen LogP contribution in [-0.2, 0) is 9.59 Å². The summed E-state index contributed by atoms with van der Waals surface area (Å²) in [4.78, 5) is 33.3. The molecule has 1 saturated carbocycles. The minimum Gasteiger partial charge on any atom is -0.480 e. The minimum absolute atomic E-state index is 0.00220. The molecule has 0 bridgehead atoms. The van der Waals surface area contributed by atoms with Gasteiger partial charge in [-0.1, -0.05) is 5.16 Å². The number of aromatic nitrogens is 1. The molecular weight excluding hydrogens is 254 g/mol. The first-order valence-electron chi connectivity index (χ1n) is 5.76. The van der Waals surface area contributed by atoms with E-state index >= 15 is 0 Å². The first-order chi connectivity index (χ1) is 8.97. The maximum atomic E-state index is 11.7. The van der Waals surface area contributed by atoms with Gasteiger partial charge in [-0.05, 0) is 12.8 Å². The third kappa shape index (κ3) is 3.30. The topological polar surface area (TPSA) is 136 Å². The number of rotatable bonds is 6. The number of nitrogens with zero attached hydrogens (tertiary/aromatic N) is 1. The average Bonchev–Trinajstić information content (AvgIpc) is 3.05. The normalized spacial score (nSPS) is 15.8. The summed E-state index contributed by atoms with van der Waals surface area (Å²) in [5, 5.41) is 14.6. The highest BCUT2D eigenvalue weighted by atomic mass is 16.5. The smallest absolute Gasteiger partial charge is 0.326 e. The predicted octanol–water partition coefficient (Wildman–Crippen LogP) is -0.390. The van der Waals surface area contributed by atoms with Crippen molar-refractivity contribution in [3.05, 3.63) is 17.5 Å². The molecule has 1 atom stereocenters. The van der Waals surface area contributed by atoms with E-state index in [0.29, 0.717) is 11.7 Å². The van der Waals surface area contributed by atoms with Crippen molar-refractivity contribution < 1.29 is 24.0 Å². The van der Waals surface area contributed by atoms with Crippen LogP contribution in [0.1, 0.15) is 41.4 Å². The summed E-state index contributed by atoms with van der Waals surface area (Å²) < 4.78 is 4.98. The van der Waals surface area contributed by atoms with E-state index in [4.69, 9.17) is 15.4 Å². The van der Waals surface area contributed by atoms with Crippen LogP contribution in [0.25, 0.3) is 0 Å². The molecular formula is C11H13N3O5. The number of carboxylic acid groups (broad SMARTS) is 1. The Labute approximate surface area is 107 Å². The van der Waals surface area contributed by atoms with Crippen LogP contribution in [0.2, 0.25) is 0 Å². The van der Waals surface area contributed by atoms with E-state index in [-0.39, 0.29) is 5.69 Å². The molecule has 1 aliphatic rings. The lowest BCUT2D eigenvalue weighted by atomic mass is 10.2. The van der Waals surface area contributed by atoms with Crippen LogP contribution in [0.15, 0.2) is 10.6 Å². The van der Waals surface area contributed by atoms with E-state index in [1.807, 2.05) is 0 Å². The van der Waals surface area contributed by atoms with Crippen LogP contribution < -0.4 is 11.1 Å². The summed E-state index contributed by atoms with van der Waals surface area (Å²) in [5.74, 6) is -1.93. The van der Waals surface area contributed by atoms with Crippen LogP contribution in [0.5, 0.6) is 0 Å². The van der Waals surface area contributed by atoms with E-state index in [1.54, 1.807) is 0 Å². The number of carbonyl (C=O) groups is 3. The average molecular weight is 267 g/mol. The Morgan fingerprint density at radius 3 is 2.74 bits per heavy atom. The third-order valence-corrected chi connectivity index (χ3v) is 2.75. The zero-order chi connectivity index (χ0) is 14.0. The van der Waals surface area contributed by atoms with Gasteiger partial charge in [-0.3, -0.25) is 9.59 Å². The molecule has 0 aromatic carbocycles. The summed E-state index contributed by atoms with van der Waals surface area (Å²) in [6, 6.07) is 0.113. The lowest BCUT2D eigenvalue weighted by molar-refractivity contribution is -0.140. The van der Waals surface area contributed by atoms with Gasteiger partial charge < -0.3 is 20.7 Å². The molecule has 8 nitrogen and oxygen atoms in total. The minimum atomic E-state index is -1.37. The summed E-state index contributed by atoms with van der Waals surface area (Å²) in [5.41, 5.74) is 4.91. The molecule has 0 spiro atoms. The van der Waals surface area contributed by atoms with Crippen molar-refractivity contribution in [2.45, 2.75) is 31.2 Å². The Kier molecular flexibility index (Phi) is 3.50. The van der Waals surface area contributed by atoms with E-state index in [9.17, 15) is 14.4 Å². The second-order valence-electron chi connectivity index (χ2n) is 4.42. The van der Waals surface area contributed by atoms with Gasteiger partial charge in [-0.25, -0.2) is 4.79 Å².